The number of hydrogen-bond acceptors (Lipinski definition) is 2. The zero-order chi connectivity index (χ0) is 10.0. The summed E-state index contributed by atoms with van der Waals surface area (Å²) in [5.41, 5.74) is 4.10. The molecule has 1 aromatic carbocycles. The van der Waals surface area contributed by atoms with Crippen LogP contribution in [0.15, 0.2) is 12.1 Å². The van der Waals surface area contributed by atoms with Gasteiger partial charge in [-0.15, -0.1) is 0 Å². The summed E-state index contributed by atoms with van der Waals surface area (Å²) in [6.07, 6.45) is 0.0119. The predicted molar refractivity (Wildman–Crippen MR) is 49.4 cm³/mol. The van der Waals surface area contributed by atoms with Crippen molar-refractivity contribution in [3.8, 4) is 0 Å². The van der Waals surface area contributed by atoms with Gasteiger partial charge in [-0.25, -0.2) is 0 Å². The van der Waals surface area contributed by atoms with Crippen molar-refractivity contribution in [1.82, 2.24) is 0 Å². The number of carboxylic acid groups (broad SMARTS) is 1. The van der Waals surface area contributed by atoms with E-state index in [1.54, 1.807) is 0 Å². The average Bonchev–Trinajstić information content (AvgIpc) is 1.96. The first-order chi connectivity index (χ1) is 6.00. The summed E-state index contributed by atoms with van der Waals surface area (Å²) in [6, 6.07) is 3.98. The molecule has 0 radical (unpaired) electrons. The maximum Gasteiger partial charge on any atom is 1.00 e. The Labute approximate surface area is 107 Å². The molecule has 0 heterocycles. The average molecular weight is 200 g/mol. The molecule has 0 unspecified atom stereocenters. The summed E-state index contributed by atoms with van der Waals surface area (Å²) < 4.78 is 0. The molecule has 2 nitrogen and oxygen atoms in total. The summed E-state index contributed by atoms with van der Waals surface area (Å²) in [7, 11) is 0. The van der Waals surface area contributed by atoms with E-state index in [1.807, 2.05) is 32.9 Å². The summed E-state index contributed by atoms with van der Waals surface area (Å²) in [4.78, 5) is 10.4. The minimum absolute atomic E-state index is 0. The van der Waals surface area contributed by atoms with Crippen molar-refractivity contribution >= 4 is 5.97 Å². The van der Waals surface area contributed by atoms with Crippen LogP contribution in [0.1, 0.15) is 22.3 Å². The molecule has 0 saturated heterocycles. The normalized spacial score (nSPS) is 9.36. The third-order valence-corrected chi connectivity index (χ3v) is 2.16. The minimum Gasteiger partial charge on any atom is -0.550 e. The standard InChI is InChI=1S/C11H14O2.Na/c1-7-4-8(2)10(6-11(12)13)9(3)5-7;/h4-5H,6H2,1-3H3,(H,12,13);/q;+1/p-1. The van der Waals surface area contributed by atoms with Gasteiger partial charge >= 0.3 is 29.6 Å². The number of hydrogen-bond donors (Lipinski definition) is 0. The first-order valence-electron chi connectivity index (χ1n) is 4.27. The van der Waals surface area contributed by atoms with Gasteiger partial charge in [-0.3, -0.25) is 0 Å². The molecule has 0 atom stereocenters. The number of carbonyl (C=O) groups excluding carboxylic acids is 1. The predicted octanol–water partition coefficient (Wildman–Crippen LogP) is -2.09. The van der Waals surface area contributed by atoms with Crippen LogP contribution < -0.4 is 34.7 Å². The second-order valence-corrected chi connectivity index (χ2v) is 3.43. The quantitative estimate of drug-likeness (QED) is 0.513. The van der Waals surface area contributed by atoms with E-state index in [1.165, 1.54) is 0 Å². The molecule has 0 amide bonds. The van der Waals surface area contributed by atoms with E-state index >= 15 is 0 Å². The largest absolute Gasteiger partial charge is 1.00 e. The Morgan fingerprint density at radius 2 is 1.64 bits per heavy atom. The van der Waals surface area contributed by atoms with E-state index < -0.39 is 5.97 Å². The molecule has 0 aliphatic heterocycles. The van der Waals surface area contributed by atoms with Gasteiger partial charge in [0.15, 0.2) is 0 Å². The molecule has 70 valence electrons. The van der Waals surface area contributed by atoms with Gasteiger partial charge in [0.1, 0.15) is 0 Å². The molecule has 0 N–H and O–H groups in total. The van der Waals surface area contributed by atoms with Crippen molar-refractivity contribution in [1.29, 1.82) is 0 Å². The fourth-order valence-electron chi connectivity index (χ4n) is 1.63. The molecule has 0 aliphatic rings. The number of carboxylic acids is 1. The summed E-state index contributed by atoms with van der Waals surface area (Å²) >= 11 is 0. The van der Waals surface area contributed by atoms with Crippen LogP contribution in [0.4, 0.5) is 0 Å². The Hall–Kier alpha value is -0.310. The van der Waals surface area contributed by atoms with E-state index in [0.29, 0.717) is 0 Å². The van der Waals surface area contributed by atoms with Crippen LogP contribution in [0.3, 0.4) is 0 Å². The molecule has 14 heavy (non-hydrogen) atoms. The maximum absolute atomic E-state index is 10.4. The van der Waals surface area contributed by atoms with Gasteiger partial charge in [0.25, 0.3) is 0 Å². The van der Waals surface area contributed by atoms with Crippen molar-refractivity contribution in [3.05, 3.63) is 34.4 Å². The zero-order valence-corrected chi connectivity index (χ0v) is 11.2. The van der Waals surface area contributed by atoms with Gasteiger partial charge in [0.05, 0.1) is 0 Å². The van der Waals surface area contributed by atoms with Gasteiger partial charge in [-0.05, 0) is 37.5 Å². The molecule has 0 fully saturated rings. The fourth-order valence-corrected chi connectivity index (χ4v) is 1.63. The number of benzene rings is 1. The van der Waals surface area contributed by atoms with Crippen LogP contribution in [-0.4, -0.2) is 5.97 Å². The van der Waals surface area contributed by atoms with E-state index in [-0.39, 0.29) is 36.0 Å². The molecule has 1 rings (SSSR count). The molecule has 0 aromatic heterocycles. The van der Waals surface area contributed by atoms with E-state index in [4.69, 9.17) is 0 Å². The van der Waals surface area contributed by atoms with Crippen molar-refractivity contribution in [2.24, 2.45) is 0 Å². The minimum atomic E-state index is -1.02. The summed E-state index contributed by atoms with van der Waals surface area (Å²) in [5, 5.41) is 10.4. The van der Waals surface area contributed by atoms with Gasteiger partial charge in [0.2, 0.25) is 0 Å². The van der Waals surface area contributed by atoms with Gasteiger partial charge < -0.3 is 9.90 Å². The second kappa shape index (κ2) is 5.54. The number of carbonyl (C=O) groups is 1. The molecule has 3 heteroatoms. The van der Waals surface area contributed by atoms with Crippen LogP contribution in [0, 0.1) is 20.8 Å². The number of rotatable bonds is 2. The van der Waals surface area contributed by atoms with E-state index in [0.717, 1.165) is 22.3 Å². The maximum atomic E-state index is 10.4. The molecule has 0 saturated carbocycles. The fraction of sp³-hybridized carbons (Fsp3) is 0.364. The Kier molecular flexibility index (Phi) is 5.42. The molecule has 0 bridgehead atoms. The van der Waals surface area contributed by atoms with Gasteiger partial charge in [-0.1, -0.05) is 17.7 Å². The first-order valence-corrected chi connectivity index (χ1v) is 4.27. The molecular weight excluding hydrogens is 187 g/mol. The van der Waals surface area contributed by atoms with Crippen LogP contribution in [0.5, 0.6) is 0 Å². The van der Waals surface area contributed by atoms with Crippen molar-refractivity contribution in [3.63, 3.8) is 0 Å². The first kappa shape index (κ1) is 13.7. The molecule has 0 aliphatic carbocycles. The SMILES string of the molecule is Cc1cc(C)c(CC(=O)[O-])c(C)c1.[Na+]. The van der Waals surface area contributed by atoms with Gasteiger partial charge in [0, 0.05) is 12.4 Å². The molecule has 1 aromatic rings. The van der Waals surface area contributed by atoms with E-state index in [2.05, 4.69) is 0 Å². The van der Waals surface area contributed by atoms with Crippen molar-refractivity contribution in [2.45, 2.75) is 27.2 Å². The number of aliphatic carboxylic acids is 1. The van der Waals surface area contributed by atoms with E-state index in [9.17, 15) is 9.90 Å². The van der Waals surface area contributed by atoms with Crippen LogP contribution in [0.2, 0.25) is 0 Å². The topological polar surface area (TPSA) is 40.1 Å². The Balaban J connectivity index is 0.00000169. The second-order valence-electron chi connectivity index (χ2n) is 3.43. The summed E-state index contributed by atoms with van der Waals surface area (Å²) in [5.74, 6) is -1.02. The molecular formula is C11H13NaO2. The smallest absolute Gasteiger partial charge is 0.550 e. The third kappa shape index (κ3) is 3.45. The van der Waals surface area contributed by atoms with Crippen molar-refractivity contribution in [2.75, 3.05) is 0 Å². The summed E-state index contributed by atoms with van der Waals surface area (Å²) in [6.45, 7) is 5.86. The number of aryl methyl sites for hydroxylation is 3. The van der Waals surface area contributed by atoms with Crippen molar-refractivity contribution < 1.29 is 39.5 Å². The van der Waals surface area contributed by atoms with Crippen LogP contribution in [-0.2, 0) is 11.2 Å². The monoisotopic (exact) mass is 200 g/mol. The third-order valence-electron chi connectivity index (χ3n) is 2.16. The van der Waals surface area contributed by atoms with Crippen LogP contribution >= 0.6 is 0 Å². The zero-order valence-electron chi connectivity index (χ0n) is 9.18. The Morgan fingerprint density at radius 3 is 2.00 bits per heavy atom. The van der Waals surface area contributed by atoms with Crippen LogP contribution in [0.25, 0.3) is 0 Å². The Bertz CT molecular complexity index is 322. The van der Waals surface area contributed by atoms with Gasteiger partial charge in [-0.2, -0.15) is 0 Å². The molecule has 0 spiro atoms. The Morgan fingerprint density at radius 1 is 1.21 bits per heavy atom.